The van der Waals surface area contributed by atoms with Gasteiger partial charge in [0, 0.05) is 29.4 Å². The molecule has 1 aromatic heterocycles. The van der Waals surface area contributed by atoms with Gasteiger partial charge in [0.2, 0.25) is 5.91 Å². The van der Waals surface area contributed by atoms with Gasteiger partial charge < -0.3 is 15.6 Å². The number of aryl methyl sites for hydroxylation is 1. The molecule has 28 heavy (non-hydrogen) atoms. The molecule has 2 heterocycles. The van der Waals surface area contributed by atoms with Crippen LogP contribution in [0.5, 0.6) is 0 Å². The van der Waals surface area contributed by atoms with Crippen LogP contribution in [0.2, 0.25) is 0 Å². The molecule has 1 aromatic carbocycles. The number of amides is 1. The van der Waals surface area contributed by atoms with Crippen LogP contribution in [0.25, 0.3) is 11.4 Å². The number of nitrogens with zero attached hydrogens (tertiary/aromatic N) is 1. The predicted molar refractivity (Wildman–Crippen MR) is 115 cm³/mol. The summed E-state index contributed by atoms with van der Waals surface area (Å²) in [7, 11) is 0. The van der Waals surface area contributed by atoms with E-state index in [0.717, 1.165) is 42.9 Å². The van der Waals surface area contributed by atoms with Crippen molar-refractivity contribution in [3.8, 4) is 11.4 Å². The number of carbonyl (C=O) groups excluding carboxylic acids is 1. The smallest absolute Gasteiger partial charge is 0.251 e. The van der Waals surface area contributed by atoms with Gasteiger partial charge in [-0.1, -0.05) is 26.0 Å². The molecule has 0 saturated carbocycles. The van der Waals surface area contributed by atoms with E-state index in [1.165, 1.54) is 6.07 Å². The fraction of sp³-hybridized carbons (Fsp3) is 0.476. The molecule has 1 aliphatic rings. The fourth-order valence-electron chi connectivity index (χ4n) is 3.65. The zero-order valence-corrected chi connectivity index (χ0v) is 17.3. The van der Waals surface area contributed by atoms with E-state index in [1.54, 1.807) is 0 Å². The van der Waals surface area contributed by atoms with E-state index < -0.39 is 0 Å². The lowest BCUT2D eigenvalue weighted by molar-refractivity contribution is -0.117. The van der Waals surface area contributed by atoms with Crippen molar-refractivity contribution >= 4 is 24.0 Å². The Kier molecular flexibility index (Phi) is 8.20. The van der Waals surface area contributed by atoms with Gasteiger partial charge in [-0.2, -0.15) is 0 Å². The van der Waals surface area contributed by atoms with Crippen LogP contribution in [0.15, 0.2) is 35.1 Å². The van der Waals surface area contributed by atoms with Gasteiger partial charge in [0.25, 0.3) is 5.56 Å². The Balaban J connectivity index is 0.00000280. The van der Waals surface area contributed by atoms with Crippen molar-refractivity contribution in [3.05, 3.63) is 46.4 Å². The van der Waals surface area contributed by atoms with E-state index in [2.05, 4.69) is 27.5 Å². The molecular weight excluding hydrogens is 376 g/mol. The van der Waals surface area contributed by atoms with Gasteiger partial charge in [0.1, 0.15) is 5.82 Å². The van der Waals surface area contributed by atoms with Crippen LogP contribution < -0.4 is 16.2 Å². The first-order valence-electron chi connectivity index (χ1n) is 9.76. The SMILES string of the molecule is CCc1cc(=O)[nH]c(-c2cccc(NC(=O)CC(C)C3CCNCC3)c2)n1.Cl. The summed E-state index contributed by atoms with van der Waals surface area (Å²) in [5, 5.41) is 6.36. The van der Waals surface area contributed by atoms with Gasteiger partial charge in [-0.25, -0.2) is 4.98 Å². The highest BCUT2D eigenvalue weighted by Crippen LogP contribution is 2.25. The number of halogens is 1. The monoisotopic (exact) mass is 404 g/mol. The van der Waals surface area contributed by atoms with Gasteiger partial charge in [-0.3, -0.25) is 9.59 Å². The van der Waals surface area contributed by atoms with E-state index in [1.807, 2.05) is 31.2 Å². The molecular formula is C21H29ClN4O2. The third kappa shape index (κ3) is 5.91. The van der Waals surface area contributed by atoms with Crippen LogP contribution in [0.3, 0.4) is 0 Å². The lowest BCUT2D eigenvalue weighted by Gasteiger charge is -2.27. The maximum Gasteiger partial charge on any atom is 0.251 e. The zero-order chi connectivity index (χ0) is 19.2. The maximum atomic E-state index is 12.5. The number of hydrogen-bond acceptors (Lipinski definition) is 4. The molecule has 1 unspecified atom stereocenters. The largest absolute Gasteiger partial charge is 0.326 e. The van der Waals surface area contributed by atoms with Crippen LogP contribution in [0, 0.1) is 11.8 Å². The number of benzene rings is 1. The summed E-state index contributed by atoms with van der Waals surface area (Å²) >= 11 is 0. The minimum absolute atomic E-state index is 0. The minimum Gasteiger partial charge on any atom is -0.326 e. The van der Waals surface area contributed by atoms with Crippen molar-refractivity contribution in [1.29, 1.82) is 0 Å². The molecule has 3 N–H and O–H groups in total. The number of hydrogen-bond donors (Lipinski definition) is 3. The molecule has 0 spiro atoms. The first-order valence-corrected chi connectivity index (χ1v) is 9.76. The van der Waals surface area contributed by atoms with E-state index >= 15 is 0 Å². The molecule has 1 fully saturated rings. The van der Waals surface area contributed by atoms with Crippen LogP contribution in [-0.2, 0) is 11.2 Å². The second-order valence-electron chi connectivity index (χ2n) is 7.34. The van der Waals surface area contributed by atoms with Crippen molar-refractivity contribution in [3.63, 3.8) is 0 Å². The molecule has 1 amide bonds. The second kappa shape index (κ2) is 10.4. The number of piperidine rings is 1. The standard InChI is InChI=1S/C21H28N4O2.ClH/c1-3-17-13-20(27)25-21(24-17)16-5-4-6-18(12-16)23-19(26)11-14(2)15-7-9-22-10-8-15;/h4-6,12-15,22H,3,7-11H2,1-2H3,(H,23,26)(H,24,25,27);1H. The fourth-order valence-corrected chi connectivity index (χ4v) is 3.65. The lowest BCUT2D eigenvalue weighted by Crippen LogP contribution is -2.32. The first-order chi connectivity index (χ1) is 13.0. The van der Waals surface area contributed by atoms with E-state index in [4.69, 9.17) is 0 Å². The zero-order valence-electron chi connectivity index (χ0n) is 16.5. The number of H-pyrrole nitrogens is 1. The number of nitrogens with one attached hydrogen (secondary N) is 3. The Bertz CT molecular complexity index is 846. The Morgan fingerprint density at radius 2 is 2.04 bits per heavy atom. The Morgan fingerprint density at radius 1 is 1.29 bits per heavy atom. The molecule has 2 aromatic rings. The number of anilines is 1. The molecule has 0 radical (unpaired) electrons. The third-order valence-corrected chi connectivity index (χ3v) is 5.27. The first kappa shape index (κ1) is 22.1. The van der Waals surface area contributed by atoms with E-state index in [0.29, 0.717) is 30.5 Å². The molecule has 3 rings (SSSR count). The summed E-state index contributed by atoms with van der Waals surface area (Å²) in [5.74, 6) is 1.53. The summed E-state index contributed by atoms with van der Waals surface area (Å²) in [4.78, 5) is 31.5. The third-order valence-electron chi connectivity index (χ3n) is 5.27. The highest BCUT2D eigenvalue weighted by molar-refractivity contribution is 5.91. The van der Waals surface area contributed by atoms with Crippen molar-refractivity contribution in [1.82, 2.24) is 15.3 Å². The summed E-state index contributed by atoms with van der Waals surface area (Å²) in [5.41, 5.74) is 2.09. The second-order valence-corrected chi connectivity index (χ2v) is 7.34. The maximum absolute atomic E-state index is 12.5. The number of aromatic nitrogens is 2. The molecule has 0 bridgehead atoms. The van der Waals surface area contributed by atoms with Crippen molar-refractivity contribution in [2.75, 3.05) is 18.4 Å². The van der Waals surface area contributed by atoms with Crippen LogP contribution >= 0.6 is 12.4 Å². The summed E-state index contributed by atoms with van der Waals surface area (Å²) < 4.78 is 0. The summed E-state index contributed by atoms with van der Waals surface area (Å²) in [6.07, 6.45) is 3.49. The highest BCUT2D eigenvalue weighted by Gasteiger charge is 2.22. The molecule has 0 aliphatic carbocycles. The van der Waals surface area contributed by atoms with Gasteiger partial charge in [-0.15, -0.1) is 12.4 Å². The number of carbonyl (C=O) groups is 1. The van der Waals surface area contributed by atoms with Crippen molar-refractivity contribution in [2.24, 2.45) is 11.8 Å². The van der Waals surface area contributed by atoms with Crippen LogP contribution in [-0.4, -0.2) is 29.0 Å². The van der Waals surface area contributed by atoms with E-state index in [-0.39, 0.29) is 23.9 Å². The molecule has 1 atom stereocenters. The lowest BCUT2D eigenvalue weighted by atomic mass is 9.84. The van der Waals surface area contributed by atoms with Gasteiger partial charge in [0.15, 0.2) is 0 Å². The molecule has 152 valence electrons. The van der Waals surface area contributed by atoms with Crippen molar-refractivity contribution in [2.45, 2.75) is 39.5 Å². The van der Waals surface area contributed by atoms with Crippen LogP contribution in [0.4, 0.5) is 5.69 Å². The molecule has 1 saturated heterocycles. The van der Waals surface area contributed by atoms with Gasteiger partial charge >= 0.3 is 0 Å². The van der Waals surface area contributed by atoms with Gasteiger partial charge in [0.05, 0.1) is 0 Å². The van der Waals surface area contributed by atoms with Crippen LogP contribution in [0.1, 0.15) is 38.8 Å². The highest BCUT2D eigenvalue weighted by atomic mass is 35.5. The molecule has 6 nitrogen and oxygen atoms in total. The molecule has 1 aliphatic heterocycles. The average Bonchev–Trinajstić information content (AvgIpc) is 2.68. The number of rotatable bonds is 6. The number of aromatic amines is 1. The summed E-state index contributed by atoms with van der Waals surface area (Å²) in [6, 6.07) is 8.96. The molecule has 7 heteroatoms. The average molecular weight is 405 g/mol. The predicted octanol–water partition coefficient (Wildman–Crippen LogP) is 3.39. The Hall–Kier alpha value is -2.18. The topological polar surface area (TPSA) is 86.9 Å². The Morgan fingerprint density at radius 3 is 2.75 bits per heavy atom. The van der Waals surface area contributed by atoms with Crippen molar-refractivity contribution < 1.29 is 4.79 Å². The normalized spacial score (nSPS) is 15.5. The minimum atomic E-state index is -0.165. The Labute approximate surface area is 172 Å². The summed E-state index contributed by atoms with van der Waals surface area (Å²) in [6.45, 7) is 6.21. The van der Waals surface area contributed by atoms with E-state index in [9.17, 15) is 9.59 Å². The quantitative estimate of drug-likeness (QED) is 0.688. The van der Waals surface area contributed by atoms with Gasteiger partial charge in [-0.05, 0) is 56.3 Å².